The number of hydrogen-bond acceptors (Lipinski definition) is 4. The van der Waals surface area contributed by atoms with Crippen molar-refractivity contribution in [2.24, 2.45) is 4.99 Å². The quantitative estimate of drug-likeness (QED) is 0.224. The maximum absolute atomic E-state index is 13.5. The van der Waals surface area contributed by atoms with Gasteiger partial charge >= 0.3 is 0 Å². The lowest BCUT2D eigenvalue weighted by atomic mass is 10.0. The second-order valence-electron chi connectivity index (χ2n) is 8.16. The Balaban J connectivity index is 0.00000341. The molecule has 31 heavy (non-hydrogen) atoms. The van der Waals surface area contributed by atoms with Crippen molar-refractivity contribution in [2.75, 3.05) is 50.9 Å². The van der Waals surface area contributed by atoms with Crippen molar-refractivity contribution in [2.45, 2.75) is 58.1 Å². The number of nitrogens with zero attached hydrogens (tertiary/aromatic N) is 2. The van der Waals surface area contributed by atoms with Crippen LogP contribution in [0.5, 0.6) is 0 Å². The third-order valence-electron chi connectivity index (χ3n) is 5.70. The third-order valence-corrected chi connectivity index (χ3v) is 5.70. The van der Waals surface area contributed by atoms with Gasteiger partial charge < -0.3 is 25.0 Å². The Morgan fingerprint density at radius 2 is 2.10 bits per heavy atom. The maximum atomic E-state index is 13.5. The summed E-state index contributed by atoms with van der Waals surface area (Å²) in [6.45, 7) is 9.90. The van der Waals surface area contributed by atoms with Crippen molar-refractivity contribution < 1.29 is 13.9 Å². The van der Waals surface area contributed by atoms with Crippen LogP contribution in [-0.4, -0.2) is 64.1 Å². The van der Waals surface area contributed by atoms with E-state index >= 15 is 0 Å². The van der Waals surface area contributed by atoms with Crippen molar-refractivity contribution in [3.63, 3.8) is 0 Å². The molecule has 0 radical (unpaired) electrons. The number of ether oxygens (including phenoxy) is 2. The lowest BCUT2D eigenvalue weighted by Crippen LogP contribution is -2.51. The standard InChI is InChI=1S/C23H37FN4O2.HI/c1-3-25-23(26-11-5-13-30-21-9-14-29-15-10-21)27-20-6-4-12-28(17-20)22-8-7-19(24)16-18(22)2;/h7-8,16,20-21H,3-6,9-15,17H2,1-2H3,(H2,25,26,27);1H. The molecule has 2 N–H and O–H groups in total. The largest absolute Gasteiger partial charge is 0.381 e. The molecule has 2 aliphatic rings. The molecule has 0 saturated carbocycles. The van der Waals surface area contributed by atoms with Crippen LogP contribution in [-0.2, 0) is 9.47 Å². The summed E-state index contributed by atoms with van der Waals surface area (Å²) in [5.41, 5.74) is 2.11. The molecule has 2 aliphatic heterocycles. The average Bonchev–Trinajstić information content (AvgIpc) is 2.74. The fourth-order valence-electron chi connectivity index (χ4n) is 4.15. The number of piperidine rings is 1. The minimum atomic E-state index is -0.176. The van der Waals surface area contributed by atoms with E-state index < -0.39 is 0 Å². The normalized spacial score (nSPS) is 20.3. The van der Waals surface area contributed by atoms with Gasteiger partial charge in [0.1, 0.15) is 5.82 Å². The predicted octanol–water partition coefficient (Wildman–Crippen LogP) is 3.86. The number of guanidine groups is 1. The minimum absolute atomic E-state index is 0. The van der Waals surface area contributed by atoms with Crippen molar-refractivity contribution >= 4 is 35.6 Å². The van der Waals surface area contributed by atoms with E-state index in [0.29, 0.717) is 12.1 Å². The zero-order valence-electron chi connectivity index (χ0n) is 18.9. The Labute approximate surface area is 203 Å². The smallest absolute Gasteiger partial charge is 0.191 e. The van der Waals surface area contributed by atoms with E-state index in [9.17, 15) is 4.39 Å². The molecule has 2 fully saturated rings. The van der Waals surface area contributed by atoms with Crippen LogP contribution in [0, 0.1) is 12.7 Å². The van der Waals surface area contributed by atoms with E-state index in [1.165, 1.54) is 0 Å². The first-order valence-corrected chi connectivity index (χ1v) is 11.4. The molecule has 1 aromatic carbocycles. The zero-order valence-corrected chi connectivity index (χ0v) is 21.2. The number of aliphatic imine (C=N–C) groups is 1. The highest BCUT2D eigenvalue weighted by atomic mass is 127. The average molecular weight is 548 g/mol. The topological polar surface area (TPSA) is 58.1 Å². The van der Waals surface area contributed by atoms with E-state index in [1.54, 1.807) is 12.1 Å². The molecule has 6 nitrogen and oxygen atoms in total. The van der Waals surface area contributed by atoms with Crippen molar-refractivity contribution in [3.05, 3.63) is 29.6 Å². The van der Waals surface area contributed by atoms with Crippen LogP contribution < -0.4 is 15.5 Å². The van der Waals surface area contributed by atoms with Gasteiger partial charge in [-0.15, -0.1) is 24.0 Å². The van der Waals surface area contributed by atoms with Crippen LogP contribution >= 0.6 is 24.0 Å². The van der Waals surface area contributed by atoms with Gasteiger partial charge in [0, 0.05) is 57.7 Å². The van der Waals surface area contributed by atoms with Gasteiger partial charge in [0.05, 0.1) is 6.10 Å². The van der Waals surface area contributed by atoms with E-state index in [0.717, 1.165) is 95.3 Å². The summed E-state index contributed by atoms with van der Waals surface area (Å²) in [5, 5.41) is 6.95. The Morgan fingerprint density at radius 3 is 2.84 bits per heavy atom. The molecule has 2 heterocycles. The first kappa shape index (κ1) is 26.1. The molecule has 3 rings (SSSR count). The van der Waals surface area contributed by atoms with Crippen LogP contribution in [0.15, 0.2) is 23.2 Å². The van der Waals surface area contributed by atoms with Crippen LogP contribution in [0.3, 0.4) is 0 Å². The summed E-state index contributed by atoms with van der Waals surface area (Å²) in [6.07, 6.45) is 5.47. The molecule has 1 unspecified atom stereocenters. The molecular weight excluding hydrogens is 510 g/mol. The summed E-state index contributed by atoms with van der Waals surface area (Å²) in [4.78, 5) is 7.09. The highest BCUT2D eigenvalue weighted by molar-refractivity contribution is 14.0. The van der Waals surface area contributed by atoms with Gasteiger partial charge in [-0.1, -0.05) is 0 Å². The van der Waals surface area contributed by atoms with Crippen molar-refractivity contribution in [1.82, 2.24) is 10.6 Å². The molecule has 0 aliphatic carbocycles. The second-order valence-corrected chi connectivity index (χ2v) is 8.16. The lowest BCUT2D eigenvalue weighted by Gasteiger charge is -2.36. The van der Waals surface area contributed by atoms with Gasteiger partial charge in [0.15, 0.2) is 5.96 Å². The van der Waals surface area contributed by atoms with Gasteiger partial charge in [-0.05, 0) is 69.7 Å². The van der Waals surface area contributed by atoms with Gasteiger partial charge in [-0.2, -0.15) is 0 Å². The summed E-state index contributed by atoms with van der Waals surface area (Å²) < 4.78 is 24.8. The van der Waals surface area contributed by atoms with E-state index in [2.05, 4.69) is 22.5 Å². The predicted molar refractivity (Wildman–Crippen MR) is 135 cm³/mol. The number of benzene rings is 1. The number of nitrogens with one attached hydrogen (secondary N) is 2. The monoisotopic (exact) mass is 548 g/mol. The fraction of sp³-hybridized carbons (Fsp3) is 0.696. The minimum Gasteiger partial charge on any atom is -0.381 e. The van der Waals surface area contributed by atoms with Gasteiger partial charge in [-0.3, -0.25) is 4.99 Å². The van der Waals surface area contributed by atoms with E-state index in [1.807, 2.05) is 13.0 Å². The summed E-state index contributed by atoms with van der Waals surface area (Å²) >= 11 is 0. The number of rotatable bonds is 8. The SMILES string of the molecule is CCNC(=NCCCOC1CCOCC1)NC1CCCN(c2ccc(F)cc2C)C1.I. The van der Waals surface area contributed by atoms with E-state index in [-0.39, 0.29) is 29.8 Å². The molecule has 0 aromatic heterocycles. The fourth-order valence-corrected chi connectivity index (χ4v) is 4.15. The molecular formula is C23H38FIN4O2. The number of halogens is 2. The summed E-state index contributed by atoms with van der Waals surface area (Å²) in [5.74, 6) is 0.691. The van der Waals surface area contributed by atoms with Crippen LogP contribution in [0.25, 0.3) is 0 Å². The highest BCUT2D eigenvalue weighted by Gasteiger charge is 2.22. The molecule has 0 spiro atoms. The van der Waals surface area contributed by atoms with Gasteiger partial charge in [0.2, 0.25) is 0 Å². The van der Waals surface area contributed by atoms with Crippen molar-refractivity contribution in [1.29, 1.82) is 0 Å². The first-order chi connectivity index (χ1) is 14.7. The van der Waals surface area contributed by atoms with Crippen molar-refractivity contribution in [3.8, 4) is 0 Å². The number of aryl methyl sites for hydroxylation is 1. The Kier molecular flexibility index (Phi) is 11.9. The van der Waals surface area contributed by atoms with Crippen LogP contribution in [0.2, 0.25) is 0 Å². The third kappa shape index (κ3) is 8.73. The maximum Gasteiger partial charge on any atom is 0.191 e. The molecule has 2 saturated heterocycles. The molecule has 0 bridgehead atoms. The highest BCUT2D eigenvalue weighted by Crippen LogP contribution is 2.24. The summed E-state index contributed by atoms with van der Waals surface area (Å²) in [7, 11) is 0. The van der Waals surface area contributed by atoms with Gasteiger partial charge in [0.25, 0.3) is 0 Å². The van der Waals surface area contributed by atoms with Crippen LogP contribution in [0.4, 0.5) is 10.1 Å². The van der Waals surface area contributed by atoms with Crippen LogP contribution in [0.1, 0.15) is 44.6 Å². The zero-order chi connectivity index (χ0) is 21.2. The molecule has 176 valence electrons. The summed E-state index contributed by atoms with van der Waals surface area (Å²) in [6, 6.07) is 5.37. The lowest BCUT2D eigenvalue weighted by molar-refractivity contribution is -0.0318. The molecule has 8 heteroatoms. The van der Waals surface area contributed by atoms with Gasteiger partial charge in [-0.25, -0.2) is 4.39 Å². The molecule has 1 aromatic rings. The number of hydrogen-bond donors (Lipinski definition) is 2. The molecule has 0 amide bonds. The molecule has 1 atom stereocenters. The second kappa shape index (κ2) is 14.1. The number of anilines is 1. The first-order valence-electron chi connectivity index (χ1n) is 11.4. The van der Waals surface area contributed by atoms with E-state index in [4.69, 9.17) is 14.5 Å². The Bertz CT molecular complexity index is 686. The Hall–Kier alpha value is -1.13. The Morgan fingerprint density at radius 1 is 1.29 bits per heavy atom.